The second kappa shape index (κ2) is 41.0. The number of likely N-dealkylation sites (N-methyl/N-ethyl adjacent to an activating group) is 1. The highest BCUT2D eigenvalue weighted by molar-refractivity contribution is 5.70. The third-order valence-electron chi connectivity index (χ3n) is 8.67. The lowest BCUT2D eigenvalue weighted by atomic mass is 10.1. The molecule has 8 heteroatoms. The number of nitrogens with zero attached hydrogens (tertiary/aromatic N) is 1. The standard InChI is InChI=1S/C52H77NO7/c1-6-8-10-12-14-16-18-20-22-24-25-27-29-31-33-35-37-39-41-43-51(55)60-48(46-58-45-44-49(52(56)57)53(3,4)5)47-59-50(54)42-40-38-36-34-32-30-28-26-23-21-19-17-15-13-11-9-7-2/h8-12,14-18,20-25,27-31,33-34,36,48-49H,6-7,13,19,26,32,35,37-47H2,1-5H3/b10-8+,11-9+,14-12+,17-15+,18-16+,22-20+,23-21+,25-24+,29-27+,30-28+,33-31+,36-34+. The summed E-state index contributed by atoms with van der Waals surface area (Å²) in [7, 11) is 5.35. The normalized spacial score (nSPS) is 14.3. The van der Waals surface area contributed by atoms with Gasteiger partial charge in [0.05, 0.1) is 40.3 Å². The Balaban J connectivity index is 4.60. The molecule has 0 N–H and O–H groups in total. The Bertz CT molecular complexity index is 1480. The van der Waals surface area contributed by atoms with E-state index in [1.165, 1.54) is 0 Å². The molecule has 0 aromatic heterocycles. The molecule has 0 radical (unpaired) electrons. The SMILES string of the molecule is CC/C=C/C=C/C=C/C=C/C=C/C=C/C=C/CCCCCC(=O)OC(COCCC(C(=O)[O-])[N+](C)(C)C)COC(=O)CCC/C=C/C/C=C/C/C=C/C/C=C/C/C=C/CC. The summed E-state index contributed by atoms with van der Waals surface area (Å²) in [6.45, 7) is 4.25. The quantitative estimate of drug-likeness (QED) is 0.0204. The minimum atomic E-state index is -1.15. The largest absolute Gasteiger partial charge is 0.544 e. The van der Waals surface area contributed by atoms with E-state index in [1.807, 2.05) is 72.9 Å². The average molecular weight is 828 g/mol. The van der Waals surface area contributed by atoms with Gasteiger partial charge in [0.2, 0.25) is 0 Å². The number of rotatable bonds is 36. The highest BCUT2D eigenvalue weighted by atomic mass is 16.6. The van der Waals surface area contributed by atoms with E-state index >= 15 is 0 Å². The number of aliphatic carboxylic acids is 1. The number of hydrogen-bond donors (Lipinski definition) is 0. The van der Waals surface area contributed by atoms with Crippen molar-refractivity contribution in [2.45, 2.75) is 122 Å². The van der Waals surface area contributed by atoms with Gasteiger partial charge in [-0.3, -0.25) is 9.59 Å². The second-order valence-electron chi connectivity index (χ2n) is 15.0. The molecule has 0 aliphatic rings. The number of carboxylic acids is 1. The first kappa shape index (κ1) is 55.2. The van der Waals surface area contributed by atoms with Crippen molar-refractivity contribution < 1.29 is 38.2 Å². The summed E-state index contributed by atoms with van der Waals surface area (Å²) in [5, 5.41) is 11.6. The molecule has 2 unspecified atom stereocenters. The molecule has 0 rings (SSSR count). The molecule has 0 amide bonds. The van der Waals surface area contributed by atoms with Crippen molar-refractivity contribution in [1.29, 1.82) is 0 Å². The van der Waals surface area contributed by atoms with Crippen LogP contribution in [0.15, 0.2) is 146 Å². The van der Waals surface area contributed by atoms with Gasteiger partial charge in [-0.1, -0.05) is 166 Å². The molecule has 0 aliphatic carbocycles. The number of quaternary nitrogens is 1. The van der Waals surface area contributed by atoms with Crippen LogP contribution in [0.3, 0.4) is 0 Å². The van der Waals surface area contributed by atoms with Crippen molar-refractivity contribution in [3.05, 3.63) is 146 Å². The first-order valence-corrected chi connectivity index (χ1v) is 22.0. The second-order valence-corrected chi connectivity index (χ2v) is 15.0. The number of unbranched alkanes of at least 4 members (excludes halogenated alkanes) is 4. The van der Waals surface area contributed by atoms with Crippen LogP contribution < -0.4 is 5.11 Å². The Morgan fingerprint density at radius 2 is 0.983 bits per heavy atom. The van der Waals surface area contributed by atoms with Gasteiger partial charge in [0.25, 0.3) is 0 Å². The van der Waals surface area contributed by atoms with Crippen LogP contribution in [-0.2, 0) is 28.6 Å². The number of carbonyl (C=O) groups is 3. The van der Waals surface area contributed by atoms with E-state index in [4.69, 9.17) is 14.2 Å². The molecule has 0 bridgehead atoms. The lowest BCUT2D eigenvalue weighted by molar-refractivity contribution is -0.889. The number of allylic oxidation sites excluding steroid dienone is 24. The fraction of sp³-hybridized carbons (Fsp3) is 0.481. The topological polar surface area (TPSA) is 102 Å². The third kappa shape index (κ3) is 38.7. The van der Waals surface area contributed by atoms with E-state index < -0.39 is 18.1 Å². The molecule has 2 atom stereocenters. The molecule has 60 heavy (non-hydrogen) atoms. The molecule has 332 valence electrons. The van der Waals surface area contributed by atoms with Crippen molar-refractivity contribution >= 4 is 17.9 Å². The lowest BCUT2D eigenvalue weighted by Gasteiger charge is -2.34. The molecule has 0 fully saturated rings. The van der Waals surface area contributed by atoms with E-state index in [0.717, 1.165) is 64.2 Å². The first-order valence-electron chi connectivity index (χ1n) is 22.0. The van der Waals surface area contributed by atoms with E-state index in [0.29, 0.717) is 12.8 Å². The number of carboxylic acid groups (broad SMARTS) is 1. The molecule has 0 spiro atoms. The first-order chi connectivity index (χ1) is 29.1. The highest BCUT2D eigenvalue weighted by Crippen LogP contribution is 2.10. The van der Waals surface area contributed by atoms with Gasteiger partial charge >= 0.3 is 11.9 Å². The van der Waals surface area contributed by atoms with Gasteiger partial charge in [-0.15, -0.1) is 0 Å². The zero-order chi connectivity index (χ0) is 44.2. The lowest BCUT2D eigenvalue weighted by Crippen LogP contribution is -2.55. The van der Waals surface area contributed by atoms with Gasteiger partial charge in [0.1, 0.15) is 12.6 Å². The van der Waals surface area contributed by atoms with Crippen molar-refractivity contribution in [1.82, 2.24) is 0 Å². The monoisotopic (exact) mass is 828 g/mol. The van der Waals surface area contributed by atoms with Crippen molar-refractivity contribution in [2.24, 2.45) is 0 Å². The number of hydrogen-bond acceptors (Lipinski definition) is 7. The zero-order valence-electron chi connectivity index (χ0n) is 37.5. The maximum Gasteiger partial charge on any atom is 0.306 e. The van der Waals surface area contributed by atoms with Crippen molar-refractivity contribution in [2.75, 3.05) is 41.0 Å². The smallest absolute Gasteiger partial charge is 0.306 e. The van der Waals surface area contributed by atoms with E-state index in [1.54, 1.807) is 21.1 Å². The van der Waals surface area contributed by atoms with Gasteiger partial charge in [-0.2, -0.15) is 0 Å². The van der Waals surface area contributed by atoms with Crippen LogP contribution >= 0.6 is 0 Å². The summed E-state index contributed by atoms with van der Waals surface area (Å²) in [5.74, 6) is -1.90. The summed E-state index contributed by atoms with van der Waals surface area (Å²) in [5.41, 5.74) is 0. The van der Waals surface area contributed by atoms with Gasteiger partial charge < -0.3 is 28.6 Å². The fourth-order valence-corrected chi connectivity index (χ4v) is 5.32. The van der Waals surface area contributed by atoms with Gasteiger partial charge in [0.15, 0.2) is 6.10 Å². The van der Waals surface area contributed by atoms with Crippen LogP contribution in [0.2, 0.25) is 0 Å². The number of esters is 2. The van der Waals surface area contributed by atoms with Crippen LogP contribution in [0.1, 0.15) is 110 Å². The van der Waals surface area contributed by atoms with Crippen molar-refractivity contribution in [3.8, 4) is 0 Å². The predicted octanol–water partition coefficient (Wildman–Crippen LogP) is 10.8. The molecule has 8 nitrogen and oxygen atoms in total. The average Bonchev–Trinajstić information content (AvgIpc) is 3.21. The van der Waals surface area contributed by atoms with Gasteiger partial charge in [-0.25, -0.2) is 0 Å². The zero-order valence-corrected chi connectivity index (χ0v) is 37.5. The molecule has 0 aliphatic heterocycles. The Labute approximate surface area is 364 Å². The third-order valence-corrected chi connectivity index (χ3v) is 8.67. The van der Waals surface area contributed by atoms with E-state index in [9.17, 15) is 19.5 Å². The van der Waals surface area contributed by atoms with Gasteiger partial charge in [0, 0.05) is 19.3 Å². The van der Waals surface area contributed by atoms with Crippen LogP contribution in [-0.4, -0.2) is 75.5 Å². The minimum Gasteiger partial charge on any atom is -0.544 e. The summed E-state index contributed by atoms with van der Waals surface area (Å²) >= 11 is 0. The molecule has 0 aromatic carbocycles. The maximum absolute atomic E-state index is 12.7. The number of ether oxygens (including phenoxy) is 3. The van der Waals surface area contributed by atoms with Crippen LogP contribution in [0, 0.1) is 0 Å². The summed E-state index contributed by atoms with van der Waals surface area (Å²) in [6.07, 6.45) is 60.2. The molecular formula is C52H77NO7. The summed E-state index contributed by atoms with van der Waals surface area (Å²) in [6, 6.07) is -0.754. The molecule has 0 saturated heterocycles. The maximum atomic E-state index is 12.7. The summed E-state index contributed by atoms with van der Waals surface area (Å²) < 4.78 is 17.0. The van der Waals surface area contributed by atoms with E-state index in [-0.39, 0.29) is 55.5 Å². The fourth-order valence-electron chi connectivity index (χ4n) is 5.32. The highest BCUT2D eigenvalue weighted by Gasteiger charge is 2.25. The summed E-state index contributed by atoms with van der Waals surface area (Å²) in [4.78, 5) is 36.9. The Hall–Kier alpha value is -4.79. The molecular weight excluding hydrogens is 751 g/mol. The van der Waals surface area contributed by atoms with Crippen LogP contribution in [0.4, 0.5) is 0 Å². The molecule has 0 aromatic rings. The van der Waals surface area contributed by atoms with Gasteiger partial charge in [-0.05, 0) is 70.6 Å². The van der Waals surface area contributed by atoms with E-state index in [2.05, 4.69) is 86.8 Å². The van der Waals surface area contributed by atoms with Crippen molar-refractivity contribution in [3.63, 3.8) is 0 Å². The van der Waals surface area contributed by atoms with Crippen LogP contribution in [0.5, 0.6) is 0 Å². The molecule has 0 saturated carbocycles. The number of carbonyl (C=O) groups excluding carboxylic acids is 3. The Kier molecular flexibility index (Phi) is 37.7. The predicted molar refractivity (Wildman–Crippen MR) is 249 cm³/mol. The Morgan fingerprint density at radius 3 is 1.50 bits per heavy atom. The minimum absolute atomic E-state index is 0.00833. The molecule has 0 heterocycles. The Morgan fingerprint density at radius 1 is 0.517 bits per heavy atom. The van der Waals surface area contributed by atoms with Crippen LogP contribution in [0.25, 0.3) is 0 Å².